The molecule has 0 aromatic carbocycles. The average molecular weight is 651 g/mol. The summed E-state index contributed by atoms with van der Waals surface area (Å²) >= 11 is 0. The Balaban J connectivity index is 1.87. The van der Waals surface area contributed by atoms with Crippen LogP contribution in [0.15, 0.2) is 12.2 Å². The third kappa shape index (κ3) is 27.7. The molecule has 3 atom stereocenters. The van der Waals surface area contributed by atoms with Crippen molar-refractivity contribution in [2.45, 2.75) is 218 Å². The van der Waals surface area contributed by atoms with E-state index < -0.39 is 6.10 Å². The van der Waals surface area contributed by atoms with E-state index in [4.69, 9.17) is 14.2 Å². The summed E-state index contributed by atoms with van der Waals surface area (Å²) in [7, 11) is 0. The SMILES string of the molecule is CCCCC/C=C\CC1OC1CCCCCCCC(=O)O[C@@H](CO)COC(=O)CCCCCCCCCCCCCCCCCC. The molecule has 270 valence electrons. The van der Waals surface area contributed by atoms with Crippen LogP contribution in [0, 0.1) is 0 Å². The van der Waals surface area contributed by atoms with E-state index >= 15 is 0 Å². The highest BCUT2D eigenvalue weighted by atomic mass is 16.6. The molecular weight excluding hydrogens is 576 g/mol. The Morgan fingerprint density at radius 3 is 1.63 bits per heavy atom. The number of ether oxygens (including phenoxy) is 3. The van der Waals surface area contributed by atoms with Gasteiger partial charge < -0.3 is 19.3 Å². The van der Waals surface area contributed by atoms with E-state index in [9.17, 15) is 14.7 Å². The zero-order valence-electron chi connectivity index (χ0n) is 30.3. The molecule has 0 spiro atoms. The summed E-state index contributed by atoms with van der Waals surface area (Å²) in [6.07, 6.45) is 38.6. The fourth-order valence-electron chi connectivity index (χ4n) is 6.09. The van der Waals surface area contributed by atoms with E-state index in [1.54, 1.807) is 0 Å². The minimum atomic E-state index is -0.778. The molecule has 1 aliphatic heterocycles. The minimum Gasteiger partial charge on any atom is -0.462 e. The van der Waals surface area contributed by atoms with Gasteiger partial charge in [0, 0.05) is 12.8 Å². The molecule has 1 saturated heterocycles. The fraction of sp³-hybridized carbons (Fsp3) is 0.900. The maximum absolute atomic E-state index is 12.2. The van der Waals surface area contributed by atoms with Crippen molar-refractivity contribution in [2.24, 2.45) is 0 Å². The normalized spacial score (nSPS) is 16.6. The molecule has 2 unspecified atom stereocenters. The number of epoxide rings is 1. The fourth-order valence-corrected chi connectivity index (χ4v) is 6.09. The van der Waals surface area contributed by atoms with Crippen molar-refractivity contribution in [1.29, 1.82) is 0 Å². The molecule has 0 aromatic heterocycles. The number of carbonyl (C=O) groups is 2. The number of hydrogen-bond donors (Lipinski definition) is 1. The van der Waals surface area contributed by atoms with Gasteiger partial charge >= 0.3 is 11.9 Å². The molecule has 6 nitrogen and oxygen atoms in total. The van der Waals surface area contributed by atoms with E-state index in [-0.39, 0.29) is 25.2 Å². The van der Waals surface area contributed by atoms with E-state index in [1.165, 1.54) is 116 Å². The highest BCUT2D eigenvalue weighted by Gasteiger charge is 2.36. The number of rotatable bonds is 35. The Labute approximate surface area is 284 Å². The van der Waals surface area contributed by atoms with Crippen LogP contribution in [0.4, 0.5) is 0 Å². The van der Waals surface area contributed by atoms with Gasteiger partial charge in [0.2, 0.25) is 0 Å². The van der Waals surface area contributed by atoms with Crippen LogP contribution in [0.5, 0.6) is 0 Å². The highest BCUT2D eigenvalue weighted by Crippen LogP contribution is 2.30. The van der Waals surface area contributed by atoms with Crippen LogP contribution >= 0.6 is 0 Å². The highest BCUT2D eigenvalue weighted by molar-refractivity contribution is 5.70. The molecule has 0 aliphatic carbocycles. The summed E-state index contributed by atoms with van der Waals surface area (Å²) in [6, 6.07) is 0. The van der Waals surface area contributed by atoms with Gasteiger partial charge in [0.1, 0.15) is 6.61 Å². The van der Waals surface area contributed by atoms with Crippen LogP contribution < -0.4 is 0 Å². The second-order valence-electron chi connectivity index (χ2n) is 13.8. The Morgan fingerprint density at radius 1 is 0.609 bits per heavy atom. The number of allylic oxidation sites excluding steroid dienone is 1. The van der Waals surface area contributed by atoms with Crippen LogP contribution in [-0.2, 0) is 23.8 Å². The lowest BCUT2D eigenvalue weighted by atomic mass is 10.0. The largest absolute Gasteiger partial charge is 0.462 e. The van der Waals surface area contributed by atoms with Crippen LogP contribution in [0.25, 0.3) is 0 Å². The number of esters is 2. The second kappa shape index (κ2) is 32.2. The first-order valence-corrected chi connectivity index (χ1v) is 19.9. The predicted octanol–water partition coefficient (Wildman–Crippen LogP) is 11.1. The standard InChI is InChI=1S/C40H74O6/c1-3-5-7-9-11-12-13-14-15-16-17-18-19-20-24-28-32-39(42)44-35-36(34-41)45-40(43)33-29-25-21-23-27-31-38-37(46-38)30-26-22-10-8-6-4-2/h22,26,36-38,41H,3-21,23-25,27-35H2,1-2H3/b26-22-/t36-,37?,38?/m0/s1. The van der Waals surface area contributed by atoms with E-state index in [2.05, 4.69) is 26.0 Å². The molecule has 0 amide bonds. The van der Waals surface area contributed by atoms with Crippen LogP contribution in [0.1, 0.15) is 200 Å². The van der Waals surface area contributed by atoms with E-state index in [0.29, 0.717) is 25.0 Å². The van der Waals surface area contributed by atoms with Crippen molar-refractivity contribution in [2.75, 3.05) is 13.2 Å². The molecule has 46 heavy (non-hydrogen) atoms. The molecule has 1 heterocycles. The molecule has 1 N–H and O–H groups in total. The number of hydrogen-bond acceptors (Lipinski definition) is 6. The zero-order chi connectivity index (χ0) is 33.3. The molecule has 0 bridgehead atoms. The number of carbonyl (C=O) groups excluding carboxylic acids is 2. The summed E-state index contributed by atoms with van der Waals surface area (Å²) in [5.41, 5.74) is 0. The predicted molar refractivity (Wildman–Crippen MR) is 191 cm³/mol. The first-order chi connectivity index (χ1) is 22.6. The molecule has 6 heteroatoms. The van der Waals surface area contributed by atoms with Crippen LogP contribution in [0.3, 0.4) is 0 Å². The van der Waals surface area contributed by atoms with Gasteiger partial charge in [-0.3, -0.25) is 9.59 Å². The van der Waals surface area contributed by atoms with Crippen molar-refractivity contribution >= 4 is 11.9 Å². The van der Waals surface area contributed by atoms with E-state index in [1.807, 2.05) is 0 Å². The summed E-state index contributed by atoms with van der Waals surface area (Å²) in [5, 5.41) is 9.56. The number of unbranched alkanes of at least 4 members (excludes halogenated alkanes) is 22. The van der Waals surface area contributed by atoms with Crippen LogP contribution in [0.2, 0.25) is 0 Å². The van der Waals surface area contributed by atoms with Gasteiger partial charge in [-0.25, -0.2) is 0 Å². The maximum Gasteiger partial charge on any atom is 0.306 e. The lowest BCUT2D eigenvalue weighted by molar-refractivity contribution is -0.161. The van der Waals surface area contributed by atoms with Crippen molar-refractivity contribution in [1.82, 2.24) is 0 Å². The van der Waals surface area contributed by atoms with Crippen molar-refractivity contribution in [3.05, 3.63) is 12.2 Å². The molecule has 1 rings (SSSR count). The van der Waals surface area contributed by atoms with Gasteiger partial charge in [0.05, 0.1) is 18.8 Å². The quantitative estimate of drug-likeness (QED) is 0.0318. The monoisotopic (exact) mass is 651 g/mol. The Bertz CT molecular complexity index is 723. The van der Waals surface area contributed by atoms with Gasteiger partial charge in [-0.05, 0) is 38.5 Å². The summed E-state index contributed by atoms with van der Waals surface area (Å²) in [4.78, 5) is 24.3. The van der Waals surface area contributed by atoms with Crippen molar-refractivity contribution in [3.8, 4) is 0 Å². The van der Waals surface area contributed by atoms with Crippen LogP contribution in [-0.4, -0.2) is 48.6 Å². The molecule has 0 saturated carbocycles. The summed E-state index contributed by atoms with van der Waals surface area (Å²) in [6.45, 7) is 4.10. The molecule has 0 aromatic rings. The topological polar surface area (TPSA) is 85.4 Å². The third-order valence-electron chi connectivity index (χ3n) is 9.23. The van der Waals surface area contributed by atoms with Gasteiger partial charge in [0.25, 0.3) is 0 Å². The van der Waals surface area contributed by atoms with Gasteiger partial charge in [0.15, 0.2) is 6.10 Å². The minimum absolute atomic E-state index is 0.0706. The average Bonchev–Trinajstić information content (AvgIpc) is 3.81. The second-order valence-corrected chi connectivity index (χ2v) is 13.8. The zero-order valence-corrected chi connectivity index (χ0v) is 30.3. The lowest BCUT2D eigenvalue weighted by Crippen LogP contribution is -2.28. The van der Waals surface area contributed by atoms with E-state index in [0.717, 1.165) is 57.8 Å². The molecule has 1 aliphatic rings. The van der Waals surface area contributed by atoms with Gasteiger partial charge in [-0.15, -0.1) is 0 Å². The lowest BCUT2D eigenvalue weighted by Gasteiger charge is -2.15. The van der Waals surface area contributed by atoms with Gasteiger partial charge in [-0.2, -0.15) is 0 Å². The Kier molecular flexibility index (Phi) is 29.8. The smallest absolute Gasteiger partial charge is 0.306 e. The van der Waals surface area contributed by atoms with Crippen molar-refractivity contribution in [3.63, 3.8) is 0 Å². The summed E-state index contributed by atoms with van der Waals surface area (Å²) in [5.74, 6) is -0.605. The van der Waals surface area contributed by atoms with Gasteiger partial charge in [-0.1, -0.05) is 161 Å². The number of aliphatic hydroxyl groups excluding tert-OH is 1. The Morgan fingerprint density at radius 2 is 1.09 bits per heavy atom. The first kappa shape index (κ1) is 42.6. The molecule has 1 fully saturated rings. The third-order valence-corrected chi connectivity index (χ3v) is 9.23. The Hall–Kier alpha value is -1.40. The molecular formula is C40H74O6. The maximum atomic E-state index is 12.2. The first-order valence-electron chi connectivity index (χ1n) is 19.9. The molecule has 0 radical (unpaired) electrons. The number of aliphatic hydroxyl groups is 1. The van der Waals surface area contributed by atoms with Crippen molar-refractivity contribution < 1.29 is 28.9 Å². The summed E-state index contributed by atoms with van der Waals surface area (Å²) < 4.78 is 16.4.